The number of hydrogen-bond acceptors (Lipinski definition) is 3. The number of carbonyl (C=O) groups is 1. The predicted octanol–water partition coefficient (Wildman–Crippen LogP) is 3.78. The summed E-state index contributed by atoms with van der Waals surface area (Å²) in [7, 11) is 0. The van der Waals surface area contributed by atoms with Gasteiger partial charge >= 0.3 is 0 Å². The zero-order valence-electron chi connectivity index (χ0n) is 13.3. The second-order valence-corrected chi connectivity index (χ2v) is 6.51. The third-order valence-corrected chi connectivity index (χ3v) is 3.99. The molecule has 1 aromatic rings. The lowest BCUT2D eigenvalue weighted by atomic mass is 10.0. The van der Waals surface area contributed by atoms with Crippen molar-refractivity contribution in [1.82, 2.24) is 0 Å². The molecule has 0 fully saturated rings. The minimum atomic E-state index is 0.0738. The van der Waals surface area contributed by atoms with Crippen molar-refractivity contribution in [1.29, 1.82) is 0 Å². The summed E-state index contributed by atoms with van der Waals surface area (Å²) >= 11 is 0. The fourth-order valence-corrected chi connectivity index (χ4v) is 2.74. The molecule has 4 nitrogen and oxygen atoms in total. The van der Waals surface area contributed by atoms with Gasteiger partial charge in [-0.15, -0.1) is 0 Å². The van der Waals surface area contributed by atoms with Gasteiger partial charge in [-0.1, -0.05) is 26.7 Å². The Kier molecular flexibility index (Phi) is 5.10. The number of anilines is 3. The summed E-state index contributed by atoms with van der Waals surface area (Å²) in [5, 5.41) is 6.39. The molecule has 4 N–H and O–H groups in total. The minimum Gasteiger partial charge on any atom is -0.397 e. The van der Waals surface area contributed by atoms with E-state index in [0.717, 1.165) is 30.1 Å². The van der Waals surface area contributed by atoms with E-state index in [0.29, 0.717) is 18.2 Å². The van der Waals surface area contributed by atoms with Crippen LogP contribution in [0, 0.1) is 5.92 Å². The Morgan fingerprint density at radius 1 is 1.24 bits per heavy atom. The van der Waals surface area contributed by atoms with E-state index in [1.807, 2.05) is 6.07 Å². The highest BCUT2D eigenvalue weighted by atomic mass is 16.1. The van der Waals surface area contributed by atoms with Gasteiger partial charge in [0.05, 0.1) is 11.4 Å². The number of fused-ring (bicyclic) bond motifs is 1. The highest BCUT2D eigenvalue weighted by Gasteiger charge is 2.17. The number of nitrogen functional groups attached to an aromatic ring is 1. The van der Waals surface area contributed by atoms with Crippen molar-refractivity contribution in [3.05, 3.63) is 17.7 Å². The van der Waals surface area contributed by atoms with Crippen LogP contribution in [-0.2, 0) is 11.2 Å². The van der Waals surface area contributed by atoms with Crippen LogP contribution in [0.4, 0.5) is 17.1 Å². The largest absolute Gasteiger partial charge is 0.397 e. The molecular weight excluding hydrogens is 262 g/mol. The van der Waals surface area contributed by atoms with Crippen molar-refractivity contribution < 1.29 is 4.79 Å². The number of nitrogens with one attached hydrogen (secondary N) is 2. The number of aryl methyl sites for hydroxylation is 1. The Labute approximate surface area is 127 Å². The lowest BCUT2D eigenvalue weighted by Gasteiger charge is -2.22. The SMILES string of the molecule is CC(C)CCCC(C)Nc1cc2c(cc1N)NC(=O)CC2. The van der Waals surface area contributed by atoms with Crippen molar-refractivity contribution in [2.24, 2.45) is 5.92 Å². The molecule has 116 valence electrons. The molecule has 1 aliphatic heterocycles. The molecule has 0 saturated carbocycles. The van der Waals surface area contributed by atoms with E-state index in [4.69, 9.17) is 5.73 Å². The standard InChI is InChI=1S/C17H27N3O/c1-11(2)5-4-6-12(3)19-16-9-13-7-8-17(21)20-15(13)10-14(16)18/h9-12,19H,4-8,18H2,1-3H3,(H,20,21). The van der Waals surface area contributed by atoms with E-state index in [9.17, 15) is 4.79 Å². The van der Waals surface area contributed by atoms with Gasteiger partial charge < -0.3 is 16.4 Å². The first-order chi connectivity index (χ1) is 9.95. The van der Waals surface area contributed by atoms with Gasteiger partial charge in [0.1, 0.15) is 0 Å². The van der Waals surface area contributed by atoms with Gasteiger partial charge in [-0.2, -0.15) is 0 Å². The Morgan fingerprint density at radius 3 is 2.71 bits per heavy atom. The topological polar surface area (TPSA) is 67.2 Å². The summed E-state index contributed by atoms with van der Waals surface area (Å²) < 4.78 is 0. The maximum atomic E-state index is 11.4. The van der Waals surface area contributed by atoms with E-state index in [1.54, 1.807) is 0 Å². The quantitative estimate of drug-likeness (QED) is 0.698. The zero-order chi connectivity index (χ0) is 15.4. The third kappa shape index (κ3) is 4.38. The number of rotatable bonds is 6. The fraction of sp³-hybridized carbons (Fsp3) is 0.588. The molecule has 1 amide bonds. The first-order valence-corrected chi connectivity index (χ1v) is 7.94. The Hall–Kier alpha value is -1.71. The molecule has 1 unspecified atom stereocenters. The molecule has 0 saturated heterocycles. The van der Waals surface area contributed by atoms with Crippen LogP contribution in [0.15, 0.2) is 12.1 Å². The van der Waals surface area contributed by atoms with E-state index in [2.05, 4.69) is 37.5 Å². The fourth-order valence-electron chi connectivity index (χ4n) is 2.74. The summed E-state index contributed by atoms with van der Waals surface area (Å²) in [4.78, 5) is 11.4. The van der Waals surface area contributed by atoms with Gasteiger partial charge in [0.25, 0.3) is 0 Å². The van der Waals surface area contributed by atoms with Crippen LogP contribution >= 0.6 is 0 Å². The Balaban J connectivity index is 1.98. The highest BCUT2D eigenvalue weighted by Crippen LogP contribution is 2.31. The molecule has 2 rings (SSSR count). The minimum absolute atomic E-state index is 0.0738. The Morgan fingerprint density at radius 2 is 2.00 bits per heavy atom. The monoisotopic (exact) mass is 289 g/mol. The van der Waals surface area contributed by atoms with Gasteiger partial charge in [0, 0.05) is 18.2 Å². The molecule has 1 heterocycles. The van der Waals surface area contributed by atoms with Gasteiger partial charge in [0.2, 0.25) is 5.91 Å². The lowest BCUT2D eigenvalue weighted by Crippen LogP contribution is -2.21. The van der Waals surface area contributed by atoms with Crippen molar-refractivity contribution in [2.45, 2.75) is 58.9 Å². The van der Waals surface area contributed by atoms with Crippen LogP contribution in [0.3, 0.4) is 0 Å². The van der Waals surface area contributed by atoms with E-state index < -0.39 is 0 Å². The molecular formula is C17H27N3O. The van der Waals surface area contributed by atoms with E-state index in [1.165, 1.54) is 18.4 Å². The normalized spacial score (nSPS) is 15.5. The molecule has 0 aromatic heterocycles. The number of carbonyl (C=O) groups excluding carboxylic acids is 1. The summed E-state index contributed by atoms with van der Waals surface area (Å²) in [6.45, 7) is 6.71. The molecule has 1 aliphatic rings. The molecule has 0 spiro atoms. The smallest absolute Gasteiger partial charge is 0.224 e. The van der Waals surface area contributed by atoms with Gasteiger partial charge in [-0.25, -0.2) is 0 Å². The summed E-state index contributed by atoms with van der Waals surface area (Å²) in [5.41, 5.74) is 9.82. The Bertz CT molecular complexity index is 511. The molecule has 1 aromatic carbocycles. The van der Waals surface area contributed by atoms with Gasteiger partial charge in [-0.3, -0.25) is 4.79 Å². The van der Waals surface area contributed by atoms with Crippen LogP contribution in [-0.4, -0.2) is 11.9 Å². The average molecular weight is 289 g/mol. The molecule has 4 heteroatoms. The molecule has 0 bridgehead atoms. The predicted molar refractivity (Wildman–Crippen MR) is 89.6 cm³/mol. The first-order valence-electron chi connectivity index (χ1n) is 7.94. The number of hydrogen-bond donors (Lipinski definition) is 3. The van der Waals surface area contributed by atoms with Crippen molar-refractivity contribution in [3.63, 3.8) is 0 Å². The molecule has 1 atom stereocenters. The average Bonchev–Trinajstić information content (AvgIpc) is 2.39. The number of amides is 1. The lowest BCUT2D eigenvalue weighted by molar-refractivity contribution is -0.116. The van der Waals surface area contributed by atoms with Crippen molar-refractivity contribution >= 4 is 23.0 Å². The van der Waals surface area contributed by atoms with Crippen LogP contribution in [0.25, 0.3) is 0 Å². The zero-order valence-corrected chi connectivity index (χ0v) is 13.3. The highest BCUT2D eigenvalue weighted by molar-refractivity contribution is 5.95. The number of nitrogens with two attached hydrogens (primary N) is 1. The van der Waals surface area contributed by atoms with Crippen LogP contribution in [0.5, 0.6) is 0 Å². The first kappa shape index (κ1) is 15.7. The van der Waals surface area contributed by atoms with E-state index in [-0.39, 0.29) is 5.91 Å². The summed E-state index contributed by atoms with van der Waals surface area (Å²) in [5.74, 6) is 0.833. The summed E-state index contributed by atoms with van der Waals surface area (Å²) in [6, 6.07) is 4.36. The van der Waals surface area contributed by atoms with Crippen LogP contribution in [0.1, 0.15) is 52.0 Å². The third-order valence-electron chi connectivity index (χ3n) is 3.99. The second kappa shape index (κ2) is 6.83. The maximum Gasteiger partial charge on any atom is 0.224 e. The van der Waals surface area contributed by atoms with Gasteiger partial charge in [0.15, 0.2) is 0 Å². The summed E-state index contributed by atoms with van der Waals surface area (Å²) in [6.07, 6.45) is 4.98. The van der Waals surface area contributed by atoms with E-state index >= 15 is 0 Å². The van der Waals surface area contributed by atoms with Gasteiger partial charge in [-0.05, 0) is 43.4 Å². The van der Waals surface area contributed by atoms with Crippen LogP contribution < -0.4 is 16.4 Å². The number of benzene rings is 1. The molecule has 0 aliphatic carbocycles. The molecule has 0 radical (unpaired) electrons. The maximum absolute atomic E-state index is 11.4. The second-order valence-electron chi connectivity index (χ2n) is 6.51. The van der Waals surface area contributed by atoms with Crippen LogP contribution in [0.2, 0.25) is 0 Å². The van der Waals surface area contributed by atoms with Crippen molar-refractivity contribution in [3.8, 4) is 0 Å². The van der Waals surface area contributed by atoms with Crippen molar-refractivity contribution in [2.75, 3.05) is 16.4 Å². The molecule has 21 heavy (non-hydrogen) atoms.